The van der Waals surface area contributed by atoms with Gasteiger partial charge in [-0.25, -0.2) is 0 Å². The number of anilines is 1. The molecule has 0 spiro atoms. The molecule has 0 saturated heterocycles. The molecule has 8 heteroatoms. The van der Waals surface area contributed by atoms with Gasteiger partial charge in [-0.05, 0) is 30.3 Å². The van der Waals surface area contributed by atoms with E-state index in [9.17, 15) is 18.0 Å². The number of alkyl halides is 5. The smallest absolute Gasteiger partial charge is 0.325 e. The molecule has 0 aliphatic heterocycles. The number of amides is 1. The molecule has 0 radical (unpaired) electrons. The van der Waals surface area contributed by atoms with Crippen molar-refractivity contribution in [1.82, 2.24) is 0 Å². The van der Waals surface area contributed by atoms with Crippen LogP contribution in [0.4, 0.5) is 18.9 Å². The molecule has 0 aromatic heterocycles. The first-order chi connectivity index (χ1) is 8.69. The van der Waals surface area contributed by atoms with E-state index in [1.165, 1.54) is 24.3 Å². The number of para-hydroxylation sites is 1. The maximum atomic E-state index is 12.4. The molecular formula is C11H8Cl2F3NOS. The highest BCUT2D eigenvalue weighted by atomic mass is 35.5. The maximum absolute atomic E-state index is 12.4. The lowest BCUT2D eigenvalue weighted by Crippen LogP contribution is -2.17. The highest BCUT2D eigenvalue weighted by Gasteiger charge is 2.56. The van der Waals surface area contributed by atoms with Crippen molar-refractivity contribution >= 4 is 46.6 Å². The molecule has 1 unspecified atom stereocenters. The molecule has 1 aliphatic rings. The Morgan fingerprint density at radius 2 is 1.95 bits per heavy atom. The van der Waals surface area contributed by atoms with E-state index in [4.69, 9.17) is 23.2 Å². The molecule has 2 nitrogen and oxygen atoms in total. The number of rotatable bonds is 3. The van der Waals surface area contributed by atoms with Gasteiger partial charge >= 0.3 is 5.51 Å². The van der Waals surface area contributed by atoms with Crippen molar-refractivity contribution in [2.24, 2.45) is 5.92 Å². The van der Waals surface area contributed by atoms with Gasteiger partial charge in [0.05, 0.1) is 11.6 Å². The highest BCUT2D eigenvalue weighted by Crippen LogP contribution is 2.53. The average molecular weight is 330 g/mol. The summed E-state index contributed by atoms with van der Waals surface area (Å²) in [7, 11) is 0. The highest BCUT2D eigenvalue weighted by molar-refractivity contribution is 8.00. The summed E-state index contributed by atoms with van der Waals surface area (Å²) in [5.41, 5.74) is -4.31. The number of hydrogen-bond acceptors (Lipinski definition) is 2. The molecule has 0 heterocycles. The third kappa shape index (κ3) is 3.94. The minimum atomic E-state index is -4.41. The Balaban J connectivity index is 2.10. The molecular weight excluding hydrogens is 322 g/mol. The summed E-state index contributed by atoms with van der Waals surface area (Å²) in [6.07, 6.45) is 0.302. The SMILES string of the molecule is O=C(Nc1ccccc1SC(F)(F)F)C1CC1(Cl)Cl. The van der Waals surface area contributed by atoms with Crippen molar-refractivity contribution in [1.29, 1.82) is 0 Å². The molecule has 19 heavy (non-hydrogen) atoms. The van der Waals surface area contributed by atoms with Gasteiger partial charge in [-0.1, -0.05) is 12.1 Å². The third-order valence-corrected chi connectivity index (χ3v) is 4.16. The Kier molecular flexibility index (Phi) is 3.95. The van der Waals surface area contributed by atoms with E-state index >= 15 is 0 Å². The molecule has 1 saturated carbocycles. The van der Waals surface area contributed by atoms with Gasteiger partial charge in [0.2, 0.25) is 5.91 Å². The van der Waals surface area contributed by atoms with Gasteiger partial charge in [0.25, 0.3) is 0 Å². The number of halogens is 5. The summed E-state index contributed by atoms with van der Waals surface area (Å²) in [6, 6.07) is 5.69. The predicted molar refractivity (Wildman–Crippen MR) is 69.5 cm³/mol. The number of hydrogen-bond donors (Lipinski definition) is 1. The number of benzene rings is 1. The first-order valence-corrected chi connectivity index (χ1v) is 6.80. The van der Waals surface area contributed by atoms with E-state index in [2.05, 4.69) is 5.32 Å². The van der Waals surface area contributed by atoms with Gasteiger partial charge in [-0.15, -0.1) is 23.2 Å². The van der Waals surface area contributed by atoms with Crippen molar-refractivity contribution in [2.75, 3.05) is 5.32 Å². The fourth-order valence-electron chi connectivity index (χ4n) is 1.50. The van der Waals surface area contributed by atoms with E-state index in [0.717, 1.165) is 0 Å². The molecule has 1 atom stereocenters. The van der Waals surface area contributed by atoms with Crippen LogP contribution in [0.15, 0.2) is 29.2 Å². The maximum Gasteiger partial charge on any atom is 0.446 e. The number of carbonyl (C=O) groups excluding carboxylic acids is 1. The van der Waals surface area contributed by atoms with Gasteiger partial charge in [-0.2, -0.15) is 13.2 Å². The largest absolute Gasteiger partial charge is 0.446 e. The van der Waals surface area contributed by atoms with Crippen LogP contribution in [0.5, 0.6) is 0 Å². The molecule has 1 amide bonds. The second kappa shape index (κ2) is 5.07. The van der Waals surface area contributed by atoms with Crippen LogP contribution in [0.1, 0.15) is 6.42 Å². The molecule has 2 rings (SSSR count). The lowest BCUT2D eigenvalue weighted by Gasteiger charge is -2.12. The van der Waals surface area contributed by atoms with Crippen LogP contribution in [0, 0.1) is 5.92 Å². The summed E-state index contributed by atoms with van der Waals surface area (Å²) in [6.45, 7) is 0. The summed E-state index contributed by atoms with van der Waals surface area (Å²) < 4.78 is 36.0. The van der Waals surface area contributed by atoms with E-state index in [0.29, 0.717) is 6.42 Å². The lowest BCUT2D eigenvalue weighted by molar-refractivity contribution is -0.117. The summed E-state index contributed by atoms with van der Waals surface area (Å²) in [4.78, 5) is 11.7. The Bertz CT molecular complexity index is 507. The normalized spacial score (nSPS) is 21.0. The Morgan fingerprint density at radius 3 is 2.47 bits per heavy atom. The zero-order valence-corrected chi connectivity index (χ0v) is 11.6. The third-order valence-electron chi connectivity index (χ3n) is 2.51. The summed E-state index contributed by atoms with van der Waals surface area (Å²) in [5.74, 6) is -1.06. The van der Waals surface area contributed by atoms with Crippen molar-refractivity contribution in [2.45, 2.75) is 21.2 Å². The lowest BCUT2D eigenvalue weighted by atomic mass is 10.3. The monoisotopic (exact) mass is 329 g/mol. The molecule has 1 aliphatic carbocycles. The van der Waals surface area contributed by atoms with Crippen molar-refractivity contribution in [3.8, 4) is 0 Å². The minimum Gasteiger partial charge on any atom is -0.325 e. The molecule has 104 valence electrons. The van der Waals surface area contributed by atoms with Crippen LogP contribution >= 0.6 is 35.0 Å². The summed E-state index contributed by atoms with van der Waals surface area (Å²) in [5, 5.41) is 2.42. The Hall–Kier alpha value is -0.590. The van der Waals surface area contributed by atoms with Crippen LogP contribution in [0.3, 0.4) is 0 Å². The van der Waals surface area contributed by atoms with Crippen molar-refractivity contribution in [3.05, 3.63) is 24.3 Å². The number of carbonyl (C=O) groups is 1. The van der Waals surface area contributed by atoms with Gasteiger partial charge < -0.3 is 5.32 Å². The van der Waals surface area contributed by atoms with Gasteiger partial charge in [-0.3, -0.25) is 4.79 Å². The minimum absolute atomic E-state index is 0.0706. The van der Waals surface area contributed by atoms with E-state index < -0.39 is 21.7 Å². The Morgan fingerprint density at radius 1 is 1.37 bits per heavy atom. The van der Waals surface area contributed by atoms with E-state index in [1.807, 2.05) is 0 Å². The van der Waals surface area contributed by atoms with Crippen LogP contribution < -0.4 is 5.32 Å². The van der Waals surface area contributed by atoms with Gasteiger partial charge in [0.1, 0.15) is 4.33 Å². The van der Waals surface area contributed by atoms with E-state index in [1.54, 1.807) is 0 Å². The second-order valence-corrected chi connectivity index (χ2v) is 6.70. The second-order valence-electron chi connectivity index (χ2n) is 4.05. The van der Waals surface area contributed by atoms with Crippen LogP contribution in [-0.2, 0) is 4.79 Å². The predicted octanol–water partition coefficient (Wildman–Crippen LogP) is 4.43. The zero-order chi connectivity index (χ0) is 14.3. The molecule has 1 aromatic rings. The zero-order valence-electron chi connectivity index (χ0n) is 9.30. The molecule has 0 bridgehead atoms. The standard InChI is InChI=1S/C11H8Cl2F3NOS/c12-10(13)5-6(10)9(18)17-7-3-1-2-4-8(7)19-11(14,15)16/h1-4,6H,5H2,(H,17,18). The van der Waals surface area contributed by atoms with Crippen molar-refractivity contribution in [3.63, 3.8) is 0 Å². The molecule has 1 N–H and O–H groups in total. The molecule has 1 aromatic carbocycles. The van der Waals surface area contributed by atoms with Gasteiger partial charge in [0, 0.05) is 4.90 Å². The quantitative estimate of drug-likeness (QED) is 0.656. The fraction of sp³-hybridized carbons (Fsp3) is 0.364. The van der Waals surface area contributed by atoms with E-state index in [-0.39, 0.29) is 22.3 Å². The van der Waals surface area contributed by atoms with Crippen LogP contribution in [0.25, 0.3) is 0 Å². The Labute approximate surface area is 121 Å². The number of thioether (sulfide) groups is 1. The van der Waals surface area contributed by atoms with Crippen LogP contribution in [0.2, 0.25) is 0 Å². The average Bonchev–Trinajstić information content (AvgIpc) is 2.89. The molecule has 1 fully saturated rings. The van der Waals surface area contributed by atoms with Crippen LogP contribution in [-0.4, -0.2) is 15.7 Å². The van der Waals surface area contributed by atoms with Crippen molar-refractivity contribution < 1.29 is 18.0 Å². The number of nitrogens with one attached hydrogen (secondary N) is 1. The van der Waals surface area contributed by atoms with Gasteiger partial charge in [0.15, 0.2) is 0 Å². The fourth-order valence-corrected chi connectivity index (χ4v) is 2.63. The first kappa shape index (κ1) is 14.8. The topological polar surface area (TPSA) is 29.1 Å². The first-order valence-electron chi connectivity index (χ1n) is 5.22. The summed E-state index contributed by atoms with van der Waals surface area (Å²) >= 11 is 11.2.